The lowest BCUT2D eigenvalue weighted by Gasteiger charge is -2.27. The van der Waals surface area contributed by atoms with Gasteiger partial charge in [-0.25, -0.2) is 9.97 Å². The van der Waals surface area contributed by atoms with E-state index in [4.69, 9.17) is 14.5 Å². The molecule has 19 heteroatoms. The summed E-state index contributed by atoms with van der Waals surface area (Å²) in [6.07, 6.45) is -8.59. The first-order valence-electron chi connectivity index (χ1n) is 7.73. The highest BCUT2D eigenvalue weighted by atomic mass is 31.2. The van der Waals surface area contributed by atoms with Crippen LogP contribution in [0.15, 0.2) is 17.4 Å². The van der Waals surface area contributed by atoms with Gasteiger partial charge in [-0.1, -0.05) is 0 Å². The Morgan fingerprint density at radius 2 is 1.87 bits per heavy atom. The number of ether oxygens (including phenoxy) is 1. The number of rotatable bonds is 6. The number of aromatic nitrogens is 4. The minimum absolute atomic E-state index is 0.132. The fourth-order valence-corrected chi connectivity index (χ4v) is 4.63. The molecule has 0 saturated carbocycles. The number of aliphatic hydroxyl groups is 3. The number of fused-ring (bicyclic) bond motifs is 1. The second kappa shape index (κ2) is 7.49. The summed E-state index contributed by atoms with van der Waals surface area (Å²) in [6, 6.07) is 0. The number of H-pyrrole nitrogens is 1. The number of aliphatic hydroxyl groups excluding tert-OH is 3. The summed E-state index contributed by atoms with van der Waals surface area (Å²) in [6.45, 7) is 0. The van der Waals surface area contributed by atoms with Crippen molar-refractivity contribution in [1.29, 1.82) is 0 Å². The summed E-state index contributed by atoms with van der Waals surface area (Å²) in [5.74, 6) is 0. The van der Waals surface area contributed by atoms with E-state index in [9.17, 15) is 42.9 Å². The van der Waals surface area contributed by atoms with Crippen molar-refractivity contribution in [3.05, 3.63) is 23.0 Å². The summed E-state index contributed by atoms with van der Waals surface area (Å²) < 4.78 is 59.3. The van der Waals surface area contributed by atoms with E-state index in [2.05, 4.69) is 19.5 Å². The molecule has 3 heterocycles. The predicted molar refractivity (Wildman–Crippen MR) is 88.0 cm³/mol. The maximum absolute atomic E-state index is 13.5. The van der Waals surface area contributed by atoms with Gasteiger partial charge in [-0.05, 0) is 0 Å². The molecular weight excluding hydrogens is 464 g/mol. The maximum atomic E-state index is 13.5. The molecule has 0 radical (unpaired) electrons. The number of hydrogen-bond acceptors (Lipinski definition) is 10. The van der Waals surface area contributed by atoms with Crippen LogP contribution in [-0.4, -0.2) is 79.5 Å². The zero-order valence-corrected chi connectivity index (χ0v) is 16.0. The Hall–Kier alpha value is -1.65. The van der Waals surface area contributed by atoms with Gasteiger partial charge in [0.05, 0.1) is 12.7 Å². The van der Waals surface area contributed by atoms with Gasteiger partial charge in [0.2, 0.25) is 0 Å². The first-order valence-corrected chi connectivity index (χ1v) is 10.9. The molecule has 1 fully saturated rings. The SMILES string of the molecule is O=c1[nH]cnc2c1ncn2[C@@H]1O[C@H](C(O)OP(=O)(O)C(F)(F)P(=O)(O)O)[C@@H](O)[C@H]1O. The lowest BCUT2D eigenvalue weighted by molar-refractivity contribution is -0.160. The highest BCUT2D eigenvalue weighted by molar-refractivity contribution is 7.72. The molecular formula is C11H14F2N4O11P2. The molecule has 3 rings (SSSR count). The van der Waals surface area contributed by atoms with Gasteiger partial charge in [-0.15, -0.1) is 0 Å². The second-order valence-electron chi connectivity index (χ2n) is 6.10. The lowest BCUT2D eigenvalue weighted by atomic mass is 10.1. The average molecular weight is 478 g/mol. The Labute approximate surface area is 163 Å². The van der Waals surface area contributed by atoms with Gasteiger partial charge in [0.1, 0.15) is 18.3 Å². The number of nitrogens with zero attached hydrogens (tertiary/aromatic N) is 3. The van der Waals surface area contributed by atoms with E-state index in [-0.39, 0.29) is 11.2 Å². The van der Waals surface area contributed by atoms with Crippen LogP contribution >= 0.6 is 15.2 Å². The summed E-state index contributed by atoms with van der Waals surface area (Å²) >= 11 is 0. The summed E-state index contributed by atoms with van der Waals surface area (Å²) in [7, 11) is -13.0. The third-order valence-corrected chi connectivity index (χ3v) is 7.56. The van der Waals surface area contributed by atoms with Crippen LogP contribution in [0.4, 0.5) is 8.78 Å². The Kier molecular flexibility index (Phi) is 5.75. The number of imidazole rings is 1. The van der Waals surface area contributed by atoms with E-state index in [1.165, 1.54) is 0 Å². The molecule has 2 aromatic heterocycles. The molecule has 30 heavy (non-hydrogen) atoms. The normalized spacial score (nSPS) is 28.5. The highest BCUT2D eigenvalue weighted by Gasteiger charge is 2.66. The predicted octanol–water partition coefficient (Wildman–Crippen LogP) is -2.01. The zero-order valence-electron chi connectivity index (χ0n) is 14.3. The van der Waals surface area contributed by atoms with Gasteiger partial charge in [0, 0.05) is 0 Å². The van der Waals surface area contributed by atoms with Crippen LogP contribution in [0, 0.1) is 0 Å². The van der Waals surface area contributed by atoms with Crippen molar-refractivity contribution in [2.75, 3.05) is 0 Å². The number of hydrogen-bond donors (Lipinski definition) is 7. The van der Waals surface area contributed by atoms with Crippen LogP contribution in [0.25, 0.3) is 11.2 Å². The topological polar surface area (TPSA) is 238 Å². The van der Waals surface area contributed by atoms with E-state index in [1.54, 1.807) is 0 Å². The van der Waals surface area contributed by atoms with E-state index in [0.29, 0.717) is 0 Å². The molecule has 0 amide bonds. The number of aromatic amines is 1. The van der Waals surface area contributed by atoms with Gasteiger partial charge in [-0.3, -0.25) is 23.0 Å². The molecule has 7 N–H and O–H groups in total. The first-order chi connectivity index (χ1) is 13.7. The van der Waals surface area contributed by atoms with Crippen LogP contribution < -0.4 is 5.56 Å². The maximum Gasteiger partial charge on any atom is 0.443 e. The fourth-order valence-electron chi connectivity index (χ4n) is 2.63. The van der Waals surface area contributed by atoms with Crippen LogP contribution in [0.2, 0.25) is 0 Å². The minimum atomic E-state index is -6.49. The van der Waals surface area contributed by atoms with Crippen molar-refractivity contribution in [3.63, 3.8) is 0 Å². The number of halogens is 2. The van der Waals surface area contributed by atoms with Gasteiger partial charge >= 0.3 is 20.6 Å². The number of alkyl halides is 2. The fraction of sp³-hybridized carbons (Fsp3) is 0.545. The van der Waals surface area contributed by atoms with Crippen LogP contribution in [0.5, 0.6) is 0 Å². The van der Waals surface area contributed by atoms with Crippen LogP contribution in [-0.2, 0) is 18.4 Å². The zero-order chi connectivity index (χ0) is 22.6. The molecule has 6 atom stereocenters. The Bertz CT molecular complexity index is 1100. The highest BCUT2D eigenvalue weighted by Crippen LogP contribution is 2.73. The van der Waals surface area contributed by atoms with Crippen molar-refractivity contribution in [2.24, 2.45) is 0 Å². The molecule has 2 aromatic rings. The van der Waals surface area contributed by atoms with Crippen LogP contribution in [0.1, 0.15) is 6.23 Å². The molecule has 2 unspecified atom stereocenters. The first kappa shape index (κ1) is 23.0. The third-order valence-electron chi connectivity index (χ3n) is 4.14. The molecule has 15 nitrogen and oxygen atoms in total. The molecule has 0 spiro atoms. The summed E-state index contributed by atoms with van der Waals surface area (Å²) in [5, 5.41) is 24.5. The van der Waals surface area contributed by atoms with Crippen molar-refractivity contribution < 1.29 is 57.2 Å². The average Bonchev–Trinajstić information content (AvgIpc) is 3.16. The molecule has 0 aliphatic carbocycles. The molecule has 0 bridgehead atoms. The van der Waals surface area contributed by atoms with Crippen molar-refractivity contribution in [1.82, 2.24) is 19.5 Å². The Morgan fingerprint density at radius 3 is 2.47 bits per heavy atom. The van der Waals surface area contributed by atoms with Gasteiger partial charge < -0.3 is 39.7 Å². The Morgan fingerprint density at radius 1 is 1.23 bits per heavy atom. The number of nitrogens with one attached hydrogen (secondary N) is 1. The lowest BCUT2D eigenvalue weighted by Crippen LogP contribution is -2.40. The van der Waals surface area contributed by atoms with E-state index >= 15 is 0 Å². The van der Waals surface area contributed by atoms with Crippen molar-refractivity contribution >= 4 is 26.4 Å². The van der Waals surface area contributed by atoms with Gasteiger partial charge in [0.15, 0.2) is 23.7 Å². The molecule has 1 aliphatic heterocycles. The van der Waals surface area contributed by atoms with Crippen molar-refractivity contribution in [3.8, 4) is 0 Å². The largest absolute Gasteiger partial charge is 0.443 e. The van der Waals surface area contributed by atoms with Crippen molar-refractivity contribution in [2.45, 2.75) is 36.2 Å². The monoisotopic (exact) mass is 478 g/mol. The molecule has 1 saturated heterocycles. The molecule has 0 aromatic carbocycles. The van der Waals surface area contributed by atoms with E-state index in [0.717, 1.165) is 17.2 Å². The van der Waals surface area contributed by atoms with Gasteiger partial charge in [0.25, 0.3) is 5.56 Å². The second-order valence-corrected chi connectivity index (χ2v) is 9.91. The van der Waals surface area contributed by atoms with Gasteiger partial charge in [-0.2, -0.15) is 8.78 Å². The summed E-state index contributed by atoms with van der Waals surface area (Å²) in [5.41, 5.74) is -0.983. The van der Waals surface area contributed by atoms with Crippen LogP contribution in [0.3, 0.4) is 0 Å². The van der Waals surface area contributed by atoms with E-state index < -0.39 is 57.0 Å². The minimum Gasteiger partial charge on any atom is -0.387 e. The standard InChI is InChI=1S/C11H14F2N4O11P2/c12-11(13,29(22,23)24)30(25,26)28-10(21)6-4(18)5(19)9(27-6)17-2-16-3-7(17)14-1-15-8(3)20/h1-2,4-6,9-10,18-19,21H,(H,25,26)(H,14,15,20)(H2,22,23,24)/t4-,5+,6-,9+,10?/m0/s1. The van der Waals surface area contributed by atoms with E-state index in [1.807, 2.05) is 0 Å². The summed E-state index contributed by atoms with van der Waals surface area (Å²) in [4.78, 5) is 47.8. The Balaban J connectivity index is 1.86. The molecule has 168 valence electrons. The molecule has 1 aliphatic rings. The quantitative estimate of drug-likeness (QED) is 0.176. The third kappa shape index (κ3) is 3.62. The smallest absolute Gasteiger partial charge is 0.387 e.